The Morgan fingerprint density at radius 3 is 2.40 bits per heavy atom. The Bertz CT molecular complexity index is 441. The number of nitrogens with one attached hydrogen (secondary N) is 1. The molecule has 0 amide bonds. The average molecular weight is 275 g/mol. The van der Waals surface area contributed by atoms with Crippen molar-refractivity contribution in [2.45, 2.75) is 52.5 Å². The maximum Gasteiger partial charge on any atom is 0.338 e. The van der Waals surface area contributed by atoms with Gasteiger partial charge < -0.3 is 10.1 Å². The summed E-state index contributed by atoms with van der Waals surface area (Å²) in [5.74, 6) is -0.251. The summed E-state index contributed by atoms with van der Waals surface area (Å²) >= 11 is 0. The predicted octanol–water partition coefficient (Wildman–Crippen LogP) is 4.24. The van der Waals surface area contributed by atoms with Crippen LogP contribution < -0.4 is 5.32 Å². The fraction of sp³-hybridized carbons (Fsp3) is 0.588. The molecule has 1 fully saturated rings. The molecule has 0 radical (unpaired) electrons. The zero-order valence-corrected chi connectivity index (χ0v) is 12.7. The minimum atomic E-state index is -0.251. The Kier molecular flexibility index (Phi) is 4.69. The summed E-state index contributed by atoms with van der Waals surface area (Å²) in [6.45, 7) is 6.92. The highest BCUT2D eigenvalue weighted by Gasteiger charge is 2.26. The molecule has 1 aromatic rings. The maximum atomic E-state index is 11.6. The number of anilines is 1. The lowest BCUT2D eigenvalue weighted by molar-refractivity contribution is 0.0526. The van der Waals surface area contributed by atoms with Crippen molar-refractivity contribution in [1.29, 1.82) is 0 Å². The maximum absolute atomic E-state index is 11.6. The first kappa shape index (κ1) is 14.9. The smallest absolute Gasteiger partial charge is 0.338 e. The van der Waals surface area contributed by atoms with Gasteiger partial charge in [-0.3, -0.25) is 0 Å². The lowest BCUT2D eigenvalue weighted by Gasteiger charge is -2.35. The lowest BCUT2D eigenvalue weighted by Crippen LogP contribution is -2.29. The molecule has 0 saturated heterocycles. The molecular weight excluding hydrogens is 250 g/mol. The Balaban J connectivity index is 1.90. The van der Waals surface area contributed by atoms with Crippen molar-refractivity contribution in [3.05, 3.63) is 29.8 Å². The second kappa shape index (κ2) is 6.29. The molecule has 3 heteroatoms. The van der Waals surface area contributed by atoms with E-state index in [2.05, 4.69) is 19.2 Å². The first-order valence-corrected chi connectivity index (χ1v) is 7.54. The number of esters is 1. The summed E-state index contributed by atoms with van der Waals surface area (Å²) in [5.41, 5.74) is 2.19. The van der Waals surface area contributed by atoms with Crippen LogP contribution in [0.2, 0.25) is 0 Å². The highest BCUT2D eigenvalue weighted by atomic mass is 16.5. The van der Waals surface area contributed by atoms with Crippen LogP contribution in [0.5, 0.6) is 0 Å². The van der Waals surface area contributed by atoms with E-state index in [1.54, 1.807) is 0 Å². The van der Waals surface area contributed by atoms with Crippen molar-refractivity contribution in [3.8, 4) is 0 Å². The fourth-order valence-corrected chi connectivity index (χ4v) is 2.70. The average Bonchev–Trinajstić information content (AvgIpc) is 2.42. The van der Waals surface area contributed by atoms with Gasteiger partial charge in [0.05, 0.1) is 12.2 Å². The SMILES string of the molecule is CCOC(=O)c1ccc(NC2CCC(C)(C)CC2)cc1. The normalized spacial score (nSPS) is 18.6. The van der Waals surface area contributed by atoms with E-state index in [-0.39, 0.29) is 5.97 Å². The second-order valence-corrected chi connectivity index (χ2v) is 6.38. The molecule has 0 spiro atoms. The van der Waals surface area contributed by atoms with E-state index >= 15 is 0 Å². The summed E-state index contributed by atoms with van der Waals surface area (Å²) in [5, 5.41) is 3.56. The van der Waals surface area contributed by atoms with Crippen LogP contribution in [0.15, 0.2) is 24.3 Å². The standard InChI is InChI=1S/C17H25NO2/c1-4-20-16(19)13-5-7-14(8-6-13)18-15-9-11-17(2,3)12-10-15/h5-8,15,18H,4,9-12H2,1-3H3. The van der Waals surface area contributed by atoms with Crippen molar-refractivity contribution in [2.75, 3.05) is 11.9 Å². The Hall–Kier alpha value is -1.51. The van der Waals surface area contributed by atoms with E-state index in [1.165, 1.54) is 25.7 Å². The third-order valence-corrected chi connectivity index (χ3v) is 4.11. The topological polar surface area (TPSA) is 38.3 Å². The van der Waals surface area contributed by atoms with E-state index in [4.69, 9.17) is 4.74 Å². The minimum absolute atomic E-state index is 0.251. The third-order valence-electron chi connectivity index (χ3n) is 4.11. The molecule has 2 rings (SSSR count). The molecular formula is C17H25NO2. The summed E-state index contributed by atoms with van der Waals surface area (Å²) in [6, 6.07) is 8.13. The number of benzene rings is 1. The van der Waals surface area contributed by atoms with Crippen molar-refractivity contribution in [2.24, 2.45) is 5.41 Å². The highest BCUT2D eigenvalue weighted by Crippen LogP contribution is 2.36. The molecule has 0 aliphatic heterocycles. The number of hydrogen-bond acceptors (Lipinski definition) is 3. The lowest BCUT2D eigenvalue weighted by atomic mass is 9.75. The van der Waals surface area contributed by atoms with Gasteiger partial charge in [-0.15, -0.1) is 0 Å². The van der Waals surface area contributed by atoms with Crippen LogP contribution >= 0.6 is 0 Å². The molecule has 1 aromatic carbocycles. The number of ether oxygens (including phenoxy) is 1. The number of carbonyl (C=O) groups is 1. The molecule has 0 unspecified atom stereocenters. The molecule has 0 bridgehead atoms. The van der Waals surface area contributed by atoms with E-state index in [1.807, 2.05) is 31.2 Å². The van der Waals surface area contributed by atoms with Gasteiger partial charge in [-0.05, 0) is 62.3 Å². The van der Waals surface area contributed by atoms with Crippen LogP contribution in [0.1, 0.15) is 56.8 Å². The van der Waals surface area contributed by atoms with Crippen LogP contribution in [0.3, 0.4) is 0 Å². The number of carbonyl (C=O) groups excluding carboxylic acids is 1. The van der Waals surface area contributed by atoms with Gasteiger partial charge in [0.1, 0.15) is 0 Å². The molecule has 1 aliphatic carbocycles. The fourth-order valence-electron chi connectivity index (χ4n) is 2.70. The molecule has 0 heterocycles. The Morgan fingerprint density at radius 1 is 1.25 bits per heavy atom. The largest absolute Gasteiger partial charge is 0.462 e. The summed E-state index contributed by atoms with van der Waals surface area (Å²) in [7, 11) is 0. The van der Waals surface area contributed by atoms with Crippen molar-refractivity contribution < 1.29 is 9.53 Å². The van der Waals surface area contributed by atoms with Gasteiger partial charge in [-0.1, -0.05) is 13.8 Å². The van der Waals surface area contributed by atoms with Crippen LogP contribution in [-0.2, 0) is 4.74 Å². The van der Waals surface area contributed by atoms with Gasteiger partial charge in [-0.25, -0.2) is 4.79 Å². The zero-order valence-electron chi connectivity index (χ0n) is 12.7. The van der Waals surface area contributed by atoms with Crippen LogP contribution in [0, 0.1) is 5.41 Å². The number of hydrogen-bond donors (Lipinski definition) is 1. The van der Waals surface area contributed by atoms with Gasteiger partial charge in [0, 0.05) is 11.7 Å². The minimum Gasteiger partial charge on any atom is -0.462 e. The van der Waals surface area contributed by atoms with E-state index in [9.17, 15) is 4.79 Å². The summed E-state index contributed by atoms with van der Waals surface area (Å²) in [4.78, 5) is 11.6. The highest BCUT2D eigenvalue weighted by molar-refractivity contribution is 5.89. The first-order chi connectivity index (χ1) is 9.50. The molecule has 0 atom stereocenters. The van der Waals surface area contributed by atoms with Gasteiger partial charge in [0.2, 0.25) is 0 Å². The Morgan fingerprint density at radius 2 is 1.85 bits per heavy atom. The van der Waals surface area contributed by atoms with E-state index < -0.39 is 0 Å². The zero-order chi connectivity index (χ0) is 14.6. The van der Waals surface area contributed by atoms with Crippen LogP contribution in [0.4, 0.5) is 5.69 Å². The summed E-state index contributed by atoms with van der Waals surface area (Å²) < 4.78 is 4.98. The first-order valence-electron chi connectivity index (χ1n) is 7.54. The molecule has 20 heavy (non-hydrogen) atoms. The monoisotopic (exact) mass is 275 g/mol. The summed E-state index contributed by atoms with van der Waals surface area (Å²) in [6.07, 6.45) is 4.97. The molecule has 3 nitrogen and oxygen atoms in total. The van der Waals surface area contributed by atoms with E-state index in [0.717, 1.165) is 5.69 Å². The van der Waals surface area contributed by atoms with Gasteiger partial charge in [0.25, 0.3) is 0 Å². The van der Waals surface area contributed by atoms with Crippen molar-refractivity contribution in [3.63, 3.8) is 0 Å². The van der Waals surface area contributed by atoms with Gasteiger partial charge in [-0.2, -0.15) is 0 Å². The quantitative estimate of drug-likeness (QED) is 0.835. The Labute approximate surface area is 121 Å². The van der Waals surface area contributed by atoms with Crippen molar-refractivity contribution in [1.82, 2.24) is 0 Å². The van der Waals surface area contributed by atoms with Gasteiger partial charge >= 0.3 is 5.97 Å². The molecule has 1 aliphatic rings. The number of rotatable bonds is 4. The molecule has 1 N–H and O–H groups in total. The third kappa shape index (κ3) is 3.99. The van der Waals surface area contributed by atoms with Crippen LogP contribution in [0.25, 0.3) is 0 Å². The van der Waals surface area contributed by atoms with Gasteiger partial charge in [0.15, 0.2) is 0 Å². The van der Waals surface area contributed by atoms with Crippen molar-refractivity contribution >= 4 is 11.7 Å². The predicted molar refractivity (Wildman–Crippen MR) is 82.1 cm³/mol. The second-order valence-electron chi connectivity index (χ2n) is 6.38. The molecule has 1 saturated carbocycles. The molecule has 110 valence electrons. The van der Waals surface area contributed by atoms with Crippen LogP contribution in [-0.4, -0.2) is 18.6 Å². The molecule has 0 aromatic heterocycles. The van der Waals surface area contributed by atoms with E-state index in [0.29, 0.717) is 23.6 Å².